The molecule has 3 aromatic rings. The molecule has 1 atom stereocenters. The summed E-state index contributed by atoms with van der Waals surface area (Å²) in [5.74, 6) is -1.62. The molecule has 2 aromatic heterocycles. The summed E-state index contributed by atoms with van der Waals surface area (Å²) in [7, 11) is 5.58. The summed E-state index contributed by atoms with van der Waals surface area (Å²) in [5, 5.41) is 23.4. The maximum Gasteiger partial charge on any atom is 0.416 e. The van der Waals surface area contributed by atoms with Crippen molar-refractivity contribution in [1.82, 2.24) is 24.4 Å². The number of alkyl halides is 3. The minimum atomic E-state index is -4.40. The minimum absolute atomic E-state index is 0.247. The molecule has 14 heteroatoms. The van der Waals surface area contributed by atoms with Gasteiger partial charge >= 0.3 is 6.18 Å². The van der Waals surface area contributed by atoms with E-state index in [2.05, 4.69) is 26.8 Å². The number of imidazole rings is 1. The van der Waals surface area contributed by atoms with E-state index in [1.807, 2.05) is 6.92 Å². The molecule has 2 fully saturated rings. The van der Waals surface area contributed by atoms with Gasteiger partial charge < -0.3 is 34.6 Å². The van der Waals surface area contributed by atoms with Crippen molar-refractivity contribution in [1.29, 1.82) is 0 Å². The summed E-state index contributed by atoms with van der Waals surface area (Å²) in [5.41, 5.74) is -0.318. The fraction of sp³-hybridized carbons (Fsp3) is 0.348. The largest absolute Gasteiger partial charge is 0.416 e. The molecular formula is C23H23BF3N7O3. The van der Waals surface area contributed by atoms with Gasteiger partial charge in [-0.2, -0.15) is 18.2 Å². The number of nitrogens with zero attached hydrogens (tertiary/aromatic N) is 6. The second-order valence-corrected chi connectivity index (χ2v) is 9.10. The van der Waals surface area contributed by atoms with E-state index in [-0.39, 0.29) is 31.0 Å². The Bertz CT molecular complexity index is 1310. The quantitative estimate of drug-likeness (QED) is 0.337. The number of ether oxygens (including phenoxy) is 1. The predicted molar refractivity (Wildman–Crippen MR) is 127 cm³/mol. The normalized spacial score (nSPS) is 18.3. The third kappa shape index (κ3) is 4.63. The van der Waals surface area contributed by atoms with Crippen molar-refractivity contribution < 1.29 is 28.1 Å². The Kier molecular flexibility index (Phi) is 5.92. The van der Waals surface area contributed by atoms with E-state index in [9.17, 15) is 23.4 Å². The van der Waals surface area contributed by atoms with Crippen LogP contribution in [-0.2, 0) is 10.9 Å². The molecule has 10 nitrogen and oxygen atoms in total. The highest BCUT2D eigenvalue weighted by molar-refractivity contribution is 6.12. The predicted octanol–water partition coefficient (Wildman–Crippen LogP) is 1.98. The van der Waals surface area contributed by atoms with Crippen LogP contribution in [0.25, 0.3) is 5.69 Å². The number of hydrogen-bond donors (Lipinski definition) is 3. The third-order valence-electron chi connectivity index (χ3n) is 6.37. The molecule has 0 saturated carbocycles. The molecule has 4 heterocycles. The van der Waals surface area contributed by atoms with Crippen LogP contribution in [0.5, 0.6) is 0 Å². The molecule has 37 heavy (non-hydrogen) atoms. The molecule has 1 spiro atoms. The van der Waals surface area contributed by atoms with Crippen LogP contribution in [0.3, 0.4) is 0 Å². The Balaban J connectivity index is 1.31. The number of benzene rings is 1. The standard InChI is InChI=1S/C23H23BF3N7O3/c1-14(18-9-32(13-29-18)17-5-3-16(4-6-17)22(25,26)27)30-20-28-8-7-19(31-20)33-10-21(11-37-12-21)34(15(33)2)23(24,35)36/h3-9,13-14,35-36H,2,10-12H2,1H3,(H,28,30,31). The molecular weight excluding hydrogens is 490 g/mol. The molecule has 0 aliphatic carbocycles. The first-order chi connectivity index (χ1) is 17.4. The lowest BCUT2D eigenvalue weighted by Gasteiger charge is -2.49. The van der Waals surface area contributed by atoms with E-state index in [0.717, 1.165) is 12.1 Å². The Labute approximate surface area is 211 Å². The molecule has 2 saturated heterocycles. The Hall–Kier alpha value is -3.62. The fourth-order valence-corrected chi connectivity index (χ4v) is 4.52. The van der Waals surface area contributed by atoms with Gasteiger partial charge in [-0.1, -0.05) is 6.58 Å². The van der Waals surface area contributed by atoms with Crippen molar-refractivity contribution in [3.8, 4) is 5.69 Å². The van der Waals surface area contributed by atoms with Crippen molar-refractivity contribution in [2.75, 3.05) is 30.0 Å². The van der Waals surface area contributed by atoms with Gasteiger partial charge in [-0.25, -0.2) is 9.97 Å². The van der Waals surface area contributed by atoms with E-state index in [1.165, 1.54) is 23.4 Å². The van der Waals surface area contributed by atoms with E-state index >= 15 is 0 Å². The molecule has 2 aliphatic rings. The Morgan fingerprint density at radius 2 is 1.86 bits per heavy atom. The Morgan fingerprint density at radius 1 is 1.16 bits per heavy atom. The van der Waals surface area contributed by atoms with Gasteiger partial charge in [-0.3, -0.25) is 0 Å². The number of anilines is 2. The molecule has 5 rings (SSSR count). The van der Waals surface area contributed by atoms with E-state index in [0.29, 0.717) is 23.7 Å². The van der Waals surface area contributed by atoms with Gasteiger partial charge in [0, 0.05) is 18.1 Å². The van der Waals surface area contributed by atoms with Gasteiger partial charge in [0.25, 0.3) is 0 Å². The van der Waals surface area contributed by atoms with Crippen LogP contribution in [0.15, 0.2) is 61.5 Å². The number of rotatable bonds is 6. The number of aliphatic hydroxyl groups is 2. The number of nitrogens with one attached hydrogen (secondary N) is 1. The van der Waals surface area contributed by atoms with Crippen molar-refractivity contribution in [2.24, 2.45) is 0 Å². The zero-order chi connectivity index (χ0) is 26.6. The smallest absolute Gasteiger partial charge is 0.376 e. The van der Waals surface area contributed by atoms with Crippen LogP contribution >= 0.6 is 0 Å². The first-order valence-electron chi connectivity index (χ1n) is 11.3. The lowest BCUT2D eigenvalue weighted by atomic mass is 9.91. The van der Waals surface area contributed by atoms with Gasteiger partial charge in [0.2, 0.25) is 5.95 Å². The van der Waals surface area contributed by atoms with Gasteiger partial charge in [0.05, 0.1) is 43.4 Å². The summed E-state index contributed by atoms with van der Waals surface area (Å²) in [6.07, 6.45) is 0.361. The second-order valence-electron chi connectivity index (χ2n) is 9.10. The molecule has 1 unspecified atom stereocenters. The molecule has 1 aromatic carbocycles. The summed E-state index contributed by atoms with van der Waals surface area (Å²) in [6, 6.07) is 6.10. The average molecular weight is 513 g/mol. The molecule has 2 radical (unpaired) electrons. The van der Waals surface area contributed by atoms with E-state index in [4.69, 9.17) is 12.6 Å². The van der Waals surface area contributed by atoms with Gasteiger partial charge in [0.1, 0.15) is 17.2 Å². The van der Waals surface area contributed by atoms with E-state index in [1.54, 1.807) is 27.9 Å². The maximum absolute atomic E-state index is 12.8. The van der Waals surface area contributed by atoms with Gasteiger partial charge in [0.15, 0.2) is 13.7 Å². The highest BCUT2D eigenvalue weighted by Crippen LogP contribution is 2.42. The Morgan fingerprint density at radius 3 is 2.43 bits per heavy atom. The molecule has 2 aliphatic heterocycles. The van der Waals surface area contributed by atoms with Crippen molar-refractivity contribution in [3.05, 3.63) is 72.7 Å². The summed E-state index contributed by atoms with van der Waals surface area (Å²) >= 11 is 0. The summed E-state index contributed by atoms with van der Waals surface area (Å²) < 4.78 is 45.4. The number of hydrogen-bond acceptors (Lipinski definition) is 9. The topological polar surface area (TPSA) is 112 Å². The van der Waals surface area contributed by atoms with Crippen LogP contribution in [0.1, 0.15) is 24.2 Å². The van der Waals surface area contributed by atoms with Gasteiger partial charge in [-0.05, 0) is 37.3 Å². The van der Waals surface area contributed by atoms with Gasteiger partial charge in [-0.15, -0.1) is 0 Å². The maximum atomic E-state index is 12.8. The second kappa shape index (κ2) is 8.75. The van der Waals surface area contributed by atoms with Crippen molar-refractivity contribution in [2.45, 2.75) is 30.5 Å². The SMILES string of the molecule is [B]C(O)(O)N1C(=C)N(c2ccnc(NC(C)c3cn(-c4ccc(C(F)(F)F)cc4)cn3)n2)CC12COC2. The van der Waals surface area contributed by atoms with Crippen LogP contribution in [0.2, 0.25) is 0 Å². The first kappa shape index (κ1) is 25.1. The lowest BCUT2D eigenvalue weighted by Crippen LogP contribution is -2.67. The monoisotopic (exact) mass is 513 g/mol. The average Bonchev–Trinajstić information content (AvgIpc) is 3.42. The highest BCUT2D eigenvalue weighted by atomic mass is 19.4. The molecule has 0 amide bonds. The van der Waals surface area contributed by atoms with Crippen LogP contribution < -0.4 is 10.2 Å². The highest BCUT2D eigenvalue weighted by Gasteiger charge is 2.57. The molecule has 3 N–H and O–H groups in total. The first-order valence-corrected chi connectivity index (χ1v) is 11.3. The molecule has 0 bridgehead atoms. The van der Waals surface area contributed by atoms with Crippen LogP contribution in [0.4, 0.5) is 24.9 Å². The lowest BCUT2D eigenvalue weighted by molar-refractivity contribution is -0.248. The number of aromatic nitrogens is 4. The summed E-state index contributed by atoms with van der Waals surface area (Å²) in [4.78, 5) is 16.1. The fourth-order valence-electron chi connectivity index (χ4n) is 4.52. The van der Waals surface area contributed by atoms with Crippen molar-refractivity contribution in [3.63, 3.8) is 0 Å². The zero-order valence-electron chi connectivity index (χ0n) is 19.7. The number of halogens is 3. The van der Waals surface area contributed by atoms with Crippen LogP contribution in [-0.4, -0.2) is 73.6 Å². The zero-order valence-corrected chi connectivity index (χ0v) is 19.7. The minimum Gasteiger partial charge on any atom is -0.376 e. The van der Waals surface area contributed by atoms with Crippen LogP contribution in [0, 0.1) is 0 Å². The van der Waals surface area contributed by atoms with Crippen molar-refractivity contribution >= 4 is 19.6 Å². The third-order valence-corrected chi connectivity index (χ3v) is 6.37. The van der Waals surface area contributed by atoms with E-state index < -0.39 is 23.1 Å². The molecule has 192 valence electrons. The summed E-state index contributed by atoms with van der Waals surface area (Å²) in [6.45, 7) is 6.63.